The zero-order valence-corrected chi connectivity index (χ0v) is 11.2. The van der Waals surface area contributed by atoms with E-state index in [1.54, 1.807) is 6.07 Å². The van der Waals surface area contributed by atoms with Crippen molar-refractivity contribution in [2.45, 2.75) is 38.8 Å². The van der Waals surface area contributed by atoms with Crippen LogP contribution in [0, 0.1) is 0 Å². The second-order valence-corrected chi connectivity index (χ2v) is 4.53. The molecule has 2 N–H and O–H groups in total. The maximum atomic E-state index is 11.3. The van der Waals surface area contributed by atoms with Gasteiger partial charge in [0, 0.05) is 12.1 Å². The molecule has 102 valence electrons. The number of methoxy groups -OCH3 is 1. The lowest BCUT2D eigenvalue weighted by atomic mass is 9.95. The molecule has 1 unspecified atom stereocenters. The lowest BCUT2D eigenvalue weighted by Crippen LogP contribution is -2.41. The smallest absolute Gasteiger partial charge is 0.341 e. The quantitative estimate of drug-likeness (QED) is 0.726. The van der Waals surface area contributed by atoms with E-state index in [9.17, 15) is 4.79 Å². The summed E-state index contributed by atoms with van der Waals surface area (Å²) in [5.74, 6) is 0.270. The number of hydrogen-bond donors (Lipinski definition) is 2. The maximum absolute atomic E-state index is 11.3. The number of rotatable bonds is 7. The summed E-state index contributed by atoms with van der Waals surface area (Å²) in [7, 11) is 1.34. The standard InChI is InChI=1S/C13H21NO4/c1-4-13(2,5-6-15)14-8-11-7-10(9-18-11)12(16)17-3/h7,9,14-15H,4-6,8H2,1-3H3. The molecule has 1 aromatic heterocycles. The molecule has 0 fully saturated rings. The summed E-state index contributed by atoms with van der Waals surface area (Å²) in [4.78, 5) is 11.3. The molecule has 0 aromatic carbocycles. The first kappa shape index (κ1) is 14.7. The van der Waals surface area contributed by atoms with Gasteiger partial charge in [-0.15, -0.1) is 0 Å². The van der Waals surface area contributed by atoms with Crippen molar-refractivity contribution in [2.24, 2.45) is 0 Å². The predicted molar refractivity (Wildman–Crippen MR) is 67.3 cm³/mol. The third kappa shape index (κ3) is 3.85. The van der Waals surface area contributed by atoms with Crippen molar-refractivity contribution in [1.29, 1.82) is 0 Å². The van der Waals surface area contributed by atoms with Crippen molar-refractivity contribution in [2.75, 3.05) is 13.7 Å². The molecule has 1 atom stereocenters. The van der Waals surface area contributed by atoms with Crippen LogP contribution in [0.3, 0.4) is 0 Å². The zero-order valence-electron chi connectivity index (χ0n) is 11.2. The highest BCUT2D eigenvalue weighted by molar-refractivity contribution is 5.88. The van der Waals surface area contributed by atoms with Gasteiger partial charge in [0.15, 0.2) is 0 Å². The van der Waals surface area contributed by atoms with Crippen LogP contribution < -0.4 is 5.32 Å². The van der Waals surface area contributed by atoms with Gasteiger partial charge in [-0.1, -0.05) is 6.92 Å². The van der Waals surface area contributed by atoms with Gasteiger partial charge in [-0.3, -0.25) is 0 Å². The predicted octanol–water partition coefficient (Wildman–Crippen LogP) is 1.71. The Hall–Kier alpha value is -1.33. The van der Waals surface area contributed by atoms with Gasteiger partial charge in [0.2, 0.25) is 0 Å². The van der Waals surface area contributed by atoms with E-state index in [1.807, 2.05) is 6.92 Å². The van der Waals surface area contributed by atoms with Crippen LogP contribution >= 0.6 is 0 Å². The average molecular weight is 255 g/mol. The SMILES string of the molecule is CCC(C)(CCO)NCc1cc(C(=O)OC)co1. The van der Waals surface area contributed by atoms with Crippen LogP contribution in [0.5, 0.6) is 0 Å². The first-order valence-electron chi connectivity index (χ1n) is 6.06. The van der Waals surface area contributed by atoms with Gasteiger partial charge in [0.05, 0.1) is 19.2 Å². The minimum absolute atomic E-state index is 0.132. The summed E-state index contributed by atoms with van der Waals surface area (Å²) in [6.07, 6.45) is 2.96. The van der Waals surface area contributed by atoms with Crippen molar-refractivity contribution in [1.82, 2.24) is 5.32 Å². The van der Waals surface area contributed by atoms with Gasteiger partial charge in [-0.2, -0.15) is 0 Å². The minimum atomic E-state index is -0.404. The average Bonchev–Trinajstić information content (AvgIpc) is 2.85. The van der Waals surface area contributed by atoms with Crippen molar-refractivity contribution < 1.29 is 19.1 Å². The second kappa shape index (κ2) is 6.56. The zero-order chi connectivity index (χ0) is 13.6. The van der Waals surface area contributed by atoms with Crippen LogP contribution in [0.25, 0.3) is 0 Å². The lowest BCUT2D eigenvalue weighted by molar-refractivity contribution is 0.0600. The number of aliphatic hydroxyl groups is 1. The number of carbonyl (C=O) groups excluding carboxylic acids is 1. The summed E-state index contributed by atoms with van der Waals surface area (Å²) in [5.41, 5.74) is 0.280. The summed E-state index contributed by atoms with van der Waals surface area (Å²) in [6, 6.07) is 1.66. The Kier molecular flexibility index (Phi) is 5.37. The summed E-state index contributed by atoms with van der Waals surface area (Å²) >= 11 is 0. The van der Waals surface area contributed by atoms with Gasteiger partial charge in [-0.05, 0) is 25.8 Å². The Morgan fingerprint density at radius 3 is 2.89 bits per heavy atom. The molecule has 0 aliphatic carbocycles. The molecule has 0 radical (unpaired) electrons. The van der Waals surface area contributed by atoms with E-state index in [0.717, 1.165) is 6.42 Å². The fourth-order valence-electron chi connectivity index (χ4n) is 1.64. The van der Waals surface area contributed by atoms with Crippen LogP contribution in [0.2, 0.25) is 0 Å². The van der Waals surface area contributed by atoms with Gasteiger partial charge < -0.3 is 19.6 Å². The number of hydrogen-bond acceptors (Lipinski definition) is 5. The Balaban J connectivity index is 2.57. The maximum Gasteiger partial charge on any atom is 0.341 e. The van der Waals surface area contributed by atoms with E-state index >= 15 is 0 Å². The third-order valence-corrected chi connectivity index (χ3v) is 3.21. The van der Waals surface area contributed by atoms with E-state index in [1.165, 1.54) is 13.4 Å². The fourth-order valence-corrected chi connectivity index (χ4v) is 1.64. The molecule has 1 heterocycles. The van der Waals surface area contributed by atoms with Crippen LogP contribution in [-0.4, -0.2) is 30.3 Å². The highest BCUT2D eigenvalue weighted by Crippen LogP contribution is 2.16. The van der Waals surface area contributed by atoms with Gasteiger partial charge in [-0.25, -0.2) is 4.79 Å². The number of ether oxygens (including phenoxy) is 1. The van der Waals surface area contributed by atoms with E-state index in [-0.39, 0.29) is 12.1 Å². The molecule has 0 aliphatic rings. The Bertz CT molecular complexity index is 388. The van der Waals surface area contributed by atoms with E-state index in [2.05, 4.69) is 17.0 Å². The van der Waals surface area contributed by atoms with Crippen molar-refractivity contribution in [3.63, 3.8) is 0 Å². The number of esters is 1. The Labute approximate surface area is 107 Å². The van der Waals surface area contributed by atoms with Crippen LogP contribution in [0.4, 0.5) is 0 Å². The first-order chi connectivity index (χ1) is 8.54. The molecule has 0 bridgehead atoms. The largest absolute Gasteiger partial charge is 0.467 e. The van der Waals surface area contributed by atoms with Crippen molar-refractivity contribution >= 4 is 5.97 Å². The van der Waals surface area contributed by atoms with Gasteiger partial charge >= 0.3 is 5.97 Å². The Morgan fingerprint density at radius 2 is 2.33 bits per heavy atom. The van der Waals surface area contributed by atoms with Crippen molar-refractivity contribution in [3.05, 3.63) is 23.7 Å². The minimum Gasteiger partial charge on any atom is -0.467 e. The van der Waals surface area contributed by atoms with Crippen LogP contribution in [0.1, 0.15) is 42.8 Å². The highest BCUT2D eigenvalue weighted by Gasteiger charge is 2.21. The van der Waals surface area contributed by atoms with E-state index < -0.39 is 5.97 Å². The van der Waals surface area contributed by atoms with Crippen LogP contribution in [0.15, 0.2) is 16.7 Å². The molecule has 0 amide bonds. The summed E-state index contributed by atoms with van der Waals surface area (Å²) < 4.78 is 9.88. The Morgan fingerprint density at radius 1 is 1.61 bits per heavy atom. The second-order valence-electron chi connectivity index (χ2n) is 4.53. The highest BCUT2D eigenvalue weighted by atomic mass is 16.5. The normalized spacial score (nSPS) is 14.2. The molecule has 5 nitrogen and oxygen atoms in total. The molecular formula is C13H21NO4. The van der Waals surface area contributed by atoms with E-state index in [0.29, 0.717) is 24.3 Å². The third-order valence-electron chi connectivity index (χ3n) is 3.21. The van der Waals surface area contributed by atoms with Crippen LogP contribution in [-0.2, 0) is 11.3 Å². The number of aliphatic hydroxyl groups excluding tert-OH is 1. The molecule has 5 heteroatoms. The molecular weight excluding hydrogens is 234 g/mol. The van der Waals surface area contributed by atoms with Gasteiger partial charge in [0.25, 0.3) is 0 Å². The van der Waals surface area contributed by atoms with E-state index in [4.69, 9.17) is 9.52 Å². The number of carbonyl (C=O) groups is 1. The lowest BCUT2D eigenvalue weighted by Gasteiger charge is -2.28. The molecule has 1 rings (SSSR count). The summed E-state index contributed by atoms with van der Waals surface area (Å²) in [5, 5.41) is 12.3. The molecule has 1 aromatic rings. The molecule has 0 spiro atoms. The number of furan rings is 1. The molecule has 0 saturated heterocycles. The topological polar surface area (TPSA) is 71.7 Å². The monoisotopic (exact) mass is 255 g/mol. The molecule has 18 heavy (non-hydrogen) atoms. The first-order valence-corrected chi connectivity index (χ1v) is 6.06. The van der Waals surface area contributed by atoms with Crippen molar-refractivity contribution in [3.8, 4) is 0 Å². The van der Waals surface area contributed by atoms with Gasteiger partial charge in [0.1, 0.15) is 12.0 Å². The fraction of sp³-hybridized carbons (Fsp3) is 0.615. The number of nitrogens with one attached hydrogen (secondary N) is 1. The molecule has 0 saturated carbocycles. The molecule has 0 aliphatic heterocycles. The summed E-state index contributed by atoms with van der Waals surface area (Å²) in [6.45, 7) is 4.77.